The molecule has 0 saturated carbocycles. The summed E-state index contributed by atoms with van der Waals surface area (Å²) in [6.45, 7) is 2.34. The number of amides is 1. The van der Waals surface area contributed by atoms with E-state index in [1.807, 2.05) is 12.1 Å². The van der Waals surface area contributed by atoms with Crippen LogP contribution in [0.15, 0.2) is 23.6 Å². The van der Waals surface area contributed by atoms with Crippen LogP contribution in [0.4, 0.5) is 11.4 Å². The molecule has 5 nitrogen and oxygen atoms in total. The van der Waals surface area contributed by atoms with E-state index in [-0.39, 0.29) is 30.7 Å². The third-order valence-electron chi connectivity index (χ3n) is 3.86. The molecule has 3 N–H and O–H groups in total. The molecule has 1 aromatic heterocycles. The first-order valence-corrected chi connectivity index (χ1v) is 8.93. The Bertz CT molecular complexity index is 704. The molecule has 2 aromatic rings. The van der Waals surface area contributed by atoms with Crippen LogP contribution in [0.2, 0.25) is 5.02 Å². The van der Waals surface area contributed by atoms with E-state index in [0.29, 0.717) is 17.3 Å². The smallest absolute Gasteiger partial charge is 0.275 e. The molecule has 1 aromatic carbocycles. The topological polar surface area (TPSA) is 71.2 Å². The standard InChI is InChI=1S/C16H19ClN4OS.2ClH/c17-11-4-5-14(21-6-2-1-3-7-21)12(8-11)20-16(22)13-10-23-15(9-18)19-13;;/h4-5,8,10H,1-3,6-7,9,18H2,(H,20,22);2*1H. The second-order valence-corrected chi connectivity index (χ2v) is 6.87. The minimum absolute atomic E-state index is 0. The Morgan fingerprint density at radius 3 is 2.64 bits per heavy atom. The number of hydrogen-bond donors (Lipinski definition) is 2. The van der Waals surface area contributed by atoms with Gasteiger partial charge < -0.3 is 16.0 Å². The summed E-state index contributed by atoms with van der Waals surface area (Å²) in [5, 5.41) is 6.01. The quantitative estimate of drug-likeness (QED) is 0.767. The van der Waals surface area contributed by atoms with Gasteiger partial charge in [-0.25, -0.2) is 4.98 Å². The molecule has 0 atom stereocenters. The van der Waals surface area contributed by atoms with E-state index in [1.54, 1.807) is 11.4 Å². The Hall–Kier alpha value is -1.05. The summed E-state index contributed by atoms with van der Waals surface area (Å²) in [4.78, 5) is 18.9. The van der Waals surface area contributed by atoms with Crippen LogP contribution >= 0.6 is 47.8 Å². The minimum Gasteiger partial charge on any atom is -0.370 e. The lowest BCUT2D eigenvalue weighted by Crippen LogP contribution is -2.30. The zero-order valence-corrected chi connectivity index (χ0v) is 16.7. The molecule has 2 heterocycles. The molecular formula is C16H21Cl3N4OS. The average molecular weight is 424 g/mol. The normalized spacial score (nSPS) is 13.6. The molecule has 1 aliphatic heterocycles. The highest BCUT2D eigenvalue weighted by molar-refractivity contribution is 7.09. The predicted molar refractivity (Wildman–Crippen MR) is 110 cm³/mol. The number of nitrogens with one attached hydrogen (secondary N) is 1. The van der Waals surface area contributed by atoms with E-state index in [0.717, 1.165) is 29.5 Å². The minimum atomic E-state index is -0.235. The summed E-state index contributed by atoms with van der Waals surface area (Å²) in [6.07, 6.45) is 3.59. The summed E-state index contributed by atoms with van der Waals surface area (Å²) in [6, 6.07) is 5.62. The first-order chi connectivity index (χ1) is 11.2. The number of anilines is 2. The van der Waals surface area contributed by atoms with Gasteiger partial charge in [0.05, 0.1) is 11.4 Å². The van der Waals surface area contributed by atoms with Gasteiger partial charge in [0.25, 0.3) is 5.91 Å². The molecule has 138 valence electrons. The lowest BCUT2D eigenvalue weighted by atomic mass is 10.1. The average Bonchev–Trinajstić information content (AvgIpc) is 3.05. The summed E-state index contributed by atoms with van der Waals surface area (Å²) >= 11 is 7.50. The zero-order valence-electron chi connectivity index (χ0n) is 13.5. The Labute approximate surface area is 168 Å². The van der Waals surface area contributed by atoms with Crippen molar-refractivity contribution in [1.82, 2.24) is 4.98 Å². The maximum absolute atomic E-state index is 12.4. The van der Waals surface area contributed by atoms with Gasteiger partial charge in [0, 0.05) is 30.0 Å². The molecule has 1 fully saturated rings. The highest BCUT2D eigenvalue weighted by atomic mass is 35.5. The number of hydrogen-bond acceptors (Lipinski definition) is 5. The molecular weight excluding hydrogens is 403 g/mol. The van der Waals surface area contributed by atoms with Crippen LogP contribution in [0.5, 0.6) is 0 Å². The predicted octanol–water partition coefficient (Wildman–Crippen LogP) is 4.34. The number of piperidine rings is 1. The molecule has 1 amide bonds. The van der Waals surface area contributed by atoms with Crippen LogP contribution in [-0.4, -0.2) is 24.0 Å². The summed E-state index contributed by atoms with van der Waals surface area (Å²) in [5.74, 6) is -0.235. The maximum Gasteiger partial charge on any atom is 0.275 e. The molecule has 0 aliphatic carbocycles. The SMILES string of the molecule is Cl.Cl.NCc1nc(C(=O)Nc2cc(Cl)ccc2N2CCCCC2)cs1. The van der Waals surface area contributed by atoms with Gasteiger partial charge in [-0.05, 0) is 37.5 Å². The van der Waals surface area contributed by atoms with Crippen molar-refractivity contribution in [3.8, 4) is 0 Å². The highest BCUT2D eigenvalue weighted by Gasteiger charge is 2.18. The van der Waals surface area contributed by atoms with Crippen molar-refractivity contribution in [2.45, 2.75) is 25.8 Å². The first kappa shape index (κ1) is 22.0. The van der Waals surface area contributed by atoms with Crippen LogP contribution in [0, 0.1) is 0 Å². The van der Waals surface area contributed by atoms with Crippen molar-refractivity contribution in [2.75, 3.05) is 23.3 Å². The van der Waals surface area contributed by atoms with Crippen molar-refractivity contribution in [3.05, 3.63) is 39.3 Å². The van der Waals surface area contributed by atoms with Crippen molar-refractivity contribution in [2.24, 2.45) is 5.73 Å². The third-order valence-corrected chi connectivity index (χ3v) is 4.97. The highest BCUT2D eigenvalue weighted by Crippen LogP contribution is 2.31. The van der Waals surface area contributed by atoms with Gasteiger partial charge in [0.1, 0.15) is 10.7 Å². The Morgan fingerprint density at radius 2 is 2.00 bits per heavy atom. The number of carbonyl (C=O) groups is 1. The van der Waals surface area contributed by atoms with Gasteiger partial charge in [0.15, 0.2) is 0 Å². The fourth-order valence-corrected chi connectivity index (χ4v) is 3.54. The van der Waals surface area contributed by atoms with E-state index in [1.165, 1.54) is 30.6 Å². The van der Waals surface area contributed by atoms with Crippen molar-refractivity contribution >= 4 is 65.0 Å². The van der Waals surface area contributed by atoms with Crippen LogP contribution < -0.4 is 16.0 Å². The number of halogens is 3. The largest absolute Gasteiger partial charge is 0.370 e. The summed E-state index contributed by atoms with van der Waals surface area (Å²) < 4.78 is 0. The van der Waals surface area contributed by atoms with Gasteiger partial charge in [-0.1, -0.05) is 11.6 Å². The van der Waals surface area contributed by atoms with Crippen molar-refractivity contribution < 1.29 is 4.79 Å². The second-order valence-electron chi connectivity index (χ2n) is 5.49. The fourth-order valence-electron chi connectivity index (χ4n) is 2.71. The molecule has 1 saturated heterocycles. The van der Waals surface area contributed by atoms with E-state index in [4.69, 9.17) is 17.3 Å². The first-order valence-electron chi connectivity index (χ1n) is 7.67. The van der Waals surface area contributed by atoms with Gasteiger partial charge in [-0.2, -0.15) is 0 Å². The molecule has 0 spiro atoms. The van der Waals surface area contributed by atoms with Gasteiger partial charge in [-0.3, -0.25) is 4.79 Å². The summed E-state index contributed by atoms with van der Waals surface area (Å²) in [5.41, 5.74) is 7.68. The molecule has 25 heavy (non-hydrogen) atoms. The van der Waals surface area contributed by atoms with E-state index < -0.39 is 0 Å². The number of rotatable bonds is 4. The number of carbonyl (C=O) groups excluding carboxylic acids is 1. The third kappa shape index (κ3) is 5.46. The monoisotopic (exact) mass is 422 g/mol. The number of aromatic nitrogens is 1. The fraction of sp³-hybridized carbons (Fsp3) is 0.375. The molecule has 0 unspecified atom stereocenters. The Kier molecular flexibility index (Phi) is 8.96. The number of nitrogens with zero attached hydrogens (tertiary/aromatic N) is 2. The maximum atomic E-state index is 12.4. The van der Waals surface area contributed by atoms with Gasteiger partial charge >= 0.3 is 0 Å². The van der Waals surface area contributed by atoms with Crippen LogP contribution in [0.25, 0.3) is 0 Å². The molecule has 0 bridgehead atoms. The Morgan fingerprint density at radius 1 is 1.28 bits per heavy atom. The molecule has 1 aliphatic rings. The van der Waals surface area contributed by atoms with E-state index in [9.17, 15) is 4.79 Å². The number of benzene rings is 1. The summed E-state index contributed by atoms with van der Waals surface area (Å²) in [7, 11) is 0. The lowest BCUT2D eigenvalue weighted by Gasteiger charge is -2.30. The van der Waals surface area contributed by atoms with E-state index >= 15 is 0 Å². The lowest BCUT2D eigenvalue weighted by molar-refractivity contribution is 0.102. The molecule has 3 rings (SSSR count). The van der Waals surface area contributed by atoms with Crippen molar-refractivity contribution in [3.63, 3.8) is 0 Å². The number of thiazole rings is 1. The van der Waals surface area contributed by atoms with Crippen LogP contribution in [-0.2, 0) is 6.54 Å². The van der Waals surface area contributed by atoms with Gasteiger partial charge in [-0.15, -0.1) is 36.2 Å². The molecule has 0 radical (unpaired) electrons. The Balaban J connectivity index is 0.00000156. The van der Waals surface area contributed by atoms with Crippen molar-refractivity contribution in [1.29, 1.82) is 0 Å². The number of nitrogens with two attached hydrogens (primary N) is 1. The second kappa shape index (κ2) is 10.2. The van der Waals surface area contributed by atoms with E-state index in [2.05, 4.69) is 15.2 Å². The van der Waals surface area contributed by atoms with Crippen LogP contribution in [0.1, 0.15) is 34.8 Å². The van der Waals surface area contributed by atoms with Crippen LogP contribution in [0.3, 0.4) is 0 Å². The zero-order chi connectivity index (χ0) is 16.2. The molecule has 9 heteroatoms. The van der Waals surface area contributed by atoms with Gasteiger partial charge in [0.2, 0.25) is 0 Å².